The highest BCUT2D eigenvalue weighted by molar-refractivity contribution is 5.83. The fourth-order valence-electron chi connectivity index (χ4n) is 5.06. The third-order valence-corrected chi connectivity index (χ3v) is 7.81. The number of nitrogens with two attached hydrogens (primary N) is 1. The van der Waals surface area contributed by atoms with Gasteiger partial charge in [-0.3, -0.25) is 9.59 Å². The van der Waals surface area contributed by atoms with E-state index in [0.29, 0.717) is 50.1 Å². The first-order valence-corrected chi connectivity index (χ1v) is 14.3. The monoisotopic (exact) mass is 549 g/mol. The predicted octanol–water partition coefficient (Wildman–Crippen LogP) is 2.92. The van der Waals surface area contributed by atoms with Crippen molar-refractivity contribution in [3.05, 3.63) is 23.8 Å². The van der Waals surface area contributed by atoms with Crippen LogP contribution in [0.3, 0.4) is 0 Å². The molecule has 39 heavy (non-hydrogen) atoms. The summed E-state index contributed by atoms with van der Waals surface area (Å²) < 4.78 is 16.5. The number of carbonyl (C=O) groups excluding carboxylic acids is 2. The summed E-state index contributed by atoms with van der Waals surface area (Å²) in [5, 5.41) is 16.8. The van der Waals surface area contributed by atoms with Gasteiger partial charge < -0.3 is 35.7 Å². The molecule has 0 radical (unpaired) electrons. The fourth-order valence-corrected chi connectivity index (χ4v) is 5.06. The number of carbonyl (C=O) groups is 2. The van der Waals surface area contributed by atoms with Crippen molar-refractivity contribution >= 4 is 11.8 Å². The van der Waals surface area contributed by atoms with Crippen LogP contribution in [0.1, 0.15) is 58.9 Å². The van der Waals surface area contributed by atoms with Gasteiger partial charge in [0.25, 0.3) is 0 Å². The van der Waals surface area contributed by atoms with Crippen molar-refractivity contribution in [3.63, 3.8) is 0 Å². The highest BCUT2D eigenvalue weighted by atomic mass is 16.5. The van der Waals surface area contributed by atoms with Gasteiger partial charge in [0.15, 0.2) is 11.5 Å². The highest BCUT2D eigenvalue weighted by Crippen LogP contribution is 2.31. The Morgan fingerprint density at radius 3 is 2.46 bits per heavy atom. The number of ether oxygens (including phenoxy) is 3. The molecule has 1 heterocycles. The van der Waals surface area contributed by atoms with Crippen LogP contribution in [0.25, 0.3) is 0 Å². The SMILES string of the molecule is COCCCOc1cc(C[C@@H](C[C@H](N)[C@@H](O)C[C@H](C(=O)NCC2CCNC2=O)C(C)C)C(C)C)ccc1OC. The number of hydrogen-bond acceptors (Lipinski definition) is 7. The molecule has 2 rings (SSSR count). The maximum absolute atomic E-state index is 12.9. The Bertz CT molecular complexity index is 893. The molecule has 2 amide bonds. The van der Waals surface area contributed by atoms with Gasteiger partial charge in [0.05, 0.1) is 25.7 Å². The summed E-state index contributed by atoms with van der Waals surface area (Å²) >= 11 is 0. The molecule has 1 unspecified atom stereocenters. The van der Waals surface area contributed by atoms with Gasteiger partial charge in [-0.25, -0.2) is 0 Å². The van der Waals surface area contributed by atoms with E-state index in [-0.39, 0.29) is 41.9 Å². The van der Waals surface area contributed by atoms with E-state index in [1.165, 1.54) is 0 Å². The topological polar surface area (TPSA) is 132 Å². The fraction of sp³-hybridized carbons (Fsp3) is 0.733. The number of hydrogen-bond donors (Lipinski definition) is 4. The minimum absolute atomic E-state index is 0.0141. The number of nitrogens with one attached hydrogen (secondary N) is 2. The molecule has 5 N–H and O–H groups in total. The van der Waals surface area contributed by atoms with Gasteiger partial charge in [-0.05, 0) is 61.1 Å². The number of aliphatic hydroxyl groups excluding tert-OH is 1. The molecule has 0 saturated carbocycles. The molecule has 1 aromatic rings. The third kappa shape index (κ3) is 10.6. The normalized spacial score (nSPS) is 18.5. The summed E-state index contributed by atoms with van der Waals surface area (Å²) in [5.41, 5.74) is 7.65. The Kier molecular flexibility index (Phi) is 14.0. The van der Waals surface area contributed by atoms with Gasteiger partial charge in [-0.15, -0.1) is 0 Å². The largest absolute Gasteiger partial charge is 0.493 e. The third-order valence-electron chi connectivity index (χ3n) is 7.81. The molecule has 5 atom stereocenters. The Morgan fingerprint density at radius 2 is 1.87 bits per heavy atom. The molecule has 1 aliphatic rings. The van der Waals surface area contributed by atoms with Gasteiger partial charge >= 0.3 is 0 Å². The average Bonchev–Trinajstić information content (AvgIpc) is 3.31. The summed E-state index contributed by atoms with van der Waals surface area (Å²) in [6.45, 7) is 10.4. The second-order valence-electron chi connectivity index (χ2n) is 11.5. The second-order valence-corrected chi connectivity index (χ2v) is 11.5. The van der Waals surface area contributed by atoms with Gasteiger partial charge in [-0.1, -0.05) is 33.8 Å². The number of rotatable bonds is 18. The lowest BCUT2D eigenvalue weighted by Gasteiger charge is -2.30. The molecule has 1 aliphatic heterocycles. The molecular weight excluding hydrogens is 498 g/mol. The molecule has 0 aliphatic carbocycles. The van der Waals surface area contributed by atoms with Crippen LogP contribution in [0.4, 0.5) is 0 Å². The second kappa shape index (κ2) is 16.7. The van der Waals surface area contributed by atoms with Crippen molar-refractivity contribution in [3.8, 4) is 11.5 Å². The quantitative estimate of drug-likeness (QED) is 0.207. The summed E-state index contributed by atoms with van der Waals surface area (Å²) in [7, 11) is 3.30. The van der Waals surface area contributed by atoms with Crippen molar-refractivity contribution in [2.75, 3.05) is 40.5 Å². The lowest BCUT2D eigenvalue weighted by atomic mass is 9.80. The van der Waals surface area contributed by atoms with Crippen LogP contribution < -0.4 is 25.8 Å². The van der Waals surface area contributed by atoms with E-state index < -0.39 is 12.1 Å². The molecule has 222 valence electrons. The van der Waals surface area contributed by atoms with E-state index in [0.717, 1.165) is 24.8 Å². The van der Waals surface area contributed by atoms with E-state index in [1.54, 1.807) is 14.2 Å². The van der Waals surface area contributed by atoms with E-state index in [4.69, 9.17) is 19.9 Å². The van der Waals surface area contributed by atoms with Crippen LogP contribution in [0.15, 0.2) is 18.2 Å². The number of amides is 2. The Balaban J connectivity index is 1.98. The first kappa shape index (κ1) is 32.8. The molecule has 0 spiro atoms. The standard InChI is InChI=1S/C30H51N3O6/c1-19(2)23(14-21-8-9-27(38-6)28(15-21)39-13-7-12-37-5)16-25(31)26(34)17-24(20(3)4)30(36)33-18-22-10-11-32-29(22)35/h8-9,15,19-20,22-26,34H,7,10-14,16-18,31H2,1-6H3,(H,32,35)(H,33,36)/t22?,23-,24-,25-,26-/m0/s1. The van der Waals surface area contributed by atoms with Crippen molar-refractivity contribution < 1.29 is 28.9 Å². The Morgan fingerprint density at radius 1 is 1.13 bits per heavy atom. The van der Waals surface area contributed by atoms with Crippen LogP contribution in [0, 0.1) is 29.6 Å². The van der Waals surface area contributed by atoms with Crippen LogP contribution in [0.2, 0.25) is 0 Å². The summed E-state index contributed by atoms with van der Waals surface area (Å²) in [6.07, 6.45) is 2.41. The number of methoxy groups -OCH3 is 2. The minimum atomic E-state index is -0.810. The minimum Gasteiger partial charge on any atom is -0.493 e. The zero-order valence-electron chi connectivity index (χ0n) is 24.7. The van der Waals surface area contributed by atoms with Crippen molar-refractivity contribution in [1.29, 1.82) is 0 Å². The van der Waals surface area contributed by atoms with Crippen LogP contribution >= 0.6 is 0 Å². The molecule has 9 heteroatoms. The van der Waals surface area contributed by atoms with E-state index in [2.05, 4.69) is 24.5 Å². The Hall–Kier alpha value is -2.36. The molecule has 9 nitrogen and oxygen atoms in total. The van der Waals surface area contributed by atoms with Crippen LogP contribution in [-0.4, -0.2) is 69.6 Å². The zero-order chi connectivity index (χ0) is 28.9. The van der Waals surface area contributed by atoms with E-state index >= 15 is 0 Å². The van der Waals surface area contributed by atoms with Gasteiger partial charge in [-0.2, -0.15) is 0 Å². The molecule has 1 saturated heterocycles. The molecule has 0 aromatic heterocycles. The summed E-state index contributed by atoms with van der Waals surface area (Å²) in [6, 6.07) is 5.53. The molecule has 1 aromatic carbocycles. The highest BCUT2D eigenvalue weighted by Gasteiger charge is 2.31. The number of benzene rings is 1. The molecule has 1 fully saturated rings. The van der Waals surface area contributed by atoms with Crippen LogP contribution in [0.5, 0.6) is 11.5 Å². The summed E-state index contributed by atoms with van der Waals surface area (Å²) in [4.78, 5) is 24.8. The number of aliphatic hydroxyl groups is 1. The van der Waals surface area contributed by atoms with Gasteiger partial charge in [0.2, 0.25) is 11.8 Å². The van der Waals surface area contributed by atoms with Gasteiger partial charge in [0, 0.05) is 45.2 Å². The van der Waals surface area contributed by atoms with Crippen LogP contribution in [-0.2, 0) is 20.7 Å². The van der Waals surface area contributed by atoms with Gasteiger partial charge in [0.1, 0.15) is 0 Å². The molecule has 0 bridgehead atoms. The maximum atomic E-state index is 12.9. The predicted molar refractivity (Wildman–Crippen MR) is 153 cm³/mol. The van der Waals surface area contributed by atoms with Crippen molar-refractivity contribution in [2.45, 2.75) is 71.9 Å². The smallest absolute Gasteiger partial charge is 0.224 e. The lowest BCUT2D eigenvalue weighted by molar-refractivity contribution is -0.128. The van der Waals surface area contributed by atoms with Crippen molar-refractivity contribution in [1.82, 2.24) is 10.6 Å². The first-order chi connectivity index (χ1) is 18.6. The average molecular weight is 550 g/mol. The molecular formula is C30H51N3O6. The summed E-state index contributed by atoms with van der Waals surface area (Å²) in [5.74, 6) is 1.30. The zero-order valence-corrected chi connectivity index (χ0v) is 24.7. The lowest BCUT2D eigenvalue weighted by Crippen LogP contribution is -2.43. The van der Waals surface area contributed by atoms with E-state index in [1.807, 2.05) is 32.0 Å². The first-order valence-electron chi connectivity index (χ1n) is 14.3. The van der Waals surface area contributed by atoms with Crippen molar-refractivity contribution in [2.24, 2.45) is 35.3 Å². The maximum Gasteiger partial charge on any atom is 0.224 e. The Labute approximate surface area is 234 Å². The van der Waals surface area contributed by atoms with E-state index in [9.17, 15) is 14.7 Å².